The molecule has 0 atom stereocenters. The monoisotopic (exact) mass is 284 g/mol. The van der Waals surface area contributed by atoms with Crippen LogP contribution in [0.1, 0.15) is 22.8 Å². The van der Waals surface area contributed by atoms with Crippen molar-refractivity contribution in [2.45, 2.75) is 0 Å². The fourth-order valence-corrected chi connectivity index (χ4v) is 2.03. The molecule has 0 amide bonds. The number of aromatic nitrogens is 2. The van der Waals surface area contributed by atoms with E-state index in [2.05, 4.69) is 9.97 Å². The van der Waals surface area contributed by atoms with Gasteiger partial charge in [0.2, 0.25) is 0 Å². The van der Waals surface area contributed by atoms with E-state index >= 15 is 0 Å². The molecule has 106 valence electrons. The fourth-order valence-electron chi connectivity index (χ4n) is 2.03. The summed E-state index contributed by atoms with van der Waals surface area (Å²) in [7, 11) is 0. The van der Waals surface area contributed by atoms with Crippen LogP contribution in [-0.2, 0) is 0 Å². The predicted molar refractivity (Wildman–Crippen MR) is 92.8 cm³/mol. The highest BCUT2D eigenvalue weighted by molar-refractivity contribution is 5.70. The highest BCUT2D eigenvalue weighted by Crippen LogP contribution is 2.09. The minimum atomic E-state index is 0.959. The predicted octanol–water partition coefficient (Wildman–Crippen LogP) is 4.82. The van der Waals surface area contributed by atoms with Crippen LogP contribution >= 0.6 is 0 Å². The van der Waals surface area contributed by atoms with Crippen LogP contribution in [0, 0.1) is 0 Å². The summed E-state index contributed by atoms with van der Waals surface area (Å²) in [5.41, 5.74) is 3.84. The second-order valence-corrected chi connectivity index (χ2v) is 4.80. The lowest BCUT2D eigenvalue weighted by molar-refractivity contribution is 1.32. The van der Waals surface area contributed by atoms with Crippen molar-refractivity contribution in [3.63, 3.8) is 0 Å². The average Bonchev–Trinajstić information content (AvgIpc) is 3.15. The largest absolute Gasteiger partial charge is 0.249 e. The third kappa shape index (κ3) is 4.00. The molecule has 4 bridgehead atoms. The van der Waals surface area contributed by atoms with Gasteiger partial charge in [-0.05, 0) is 48.6 Å². The van der Waals surface area contributed by atoms with Crippen molar-refractivity contribution in [2.75, 3.05) is 0 Å². The zero-order chi connectivity index (χ0) is 15.0. The second-order valence-electron chi connectivity index (χ2n) is 4.80. The topological polar surface area (TPSA) is 25.8 Å². The van der Waals surface area contributed by atoms with Crippen LogP contribution in [0.4, 0.5) is 0 Å². The van der Waals surface area contributed by atoms with Crippen molar-refractivity contribution < 1.29 is 0 Å². The van der Waals surface area contributed by atoms with Crippen molar-refractivity contribution in [3.8, 4) is 0 Å². The van der Waals surface area contributed by atoms with E-state index in [1.165, 1.54) is 0 Å². The molecule has 22 heavy (non-hydrogen) atoms. The lowest BCUT2D eigenvalue weighted by Gasteiger charge is -1.80. The van der Waals surface area contributed by atoms with Crippen LogP contribution in [0.25, 0.3) is 24.3 Å². The first-order chi connectivity index (χ1) is 10.9. The quantitative estimate of drug-likeness (QED) is 0.591. The summed E-state index contributed by atoms with van der Waals surface area (Å²) < 4.78 is 0. The van der Waals surface area contributed by atoms with Gasteiger partial charge >= 0.3 is 0 Å². The van der Waals surface area contributed by atoms with Crippen LogP contribution in [-0.4, -0.2) is 9.97 Å². The molecule has 0 unspecified atom stereocenters. The van der Waals surface area contributed by atoms with E-state index < -0.39 is 0 Å². The van der Waals surface area contributed by atoms with Crippen LogP contribution in [0.15, 0.2) is 72.8 Å². The summed E-state index contributed by atoms with van der Waals surface area (Å²) >= 11 is 0. The Kier molecular flexibility index (Phi) is 4.53. The van der Waals surface area contributed by atoms with Gasteiger partial charge in [-0.25, -0.2) is 9.97 Å². The summed E-state index contributed by atoms with van der Waals surface area (Å²) in [5.74, 6) is 0. The van der Waals surface area contributed by atoms with Gasteiger partial charge in [-0.1, -0.05) is 48.5 Å². The number of nitrogens with zero attached hydrogens (tertiary/aromatic N) is 2. The normalized spacial score (nSPS) is 11.3. The fraction of sp³-hybridized carbons (Fsp3) is 0. The molecule has 3 heterocycles. The number of fused-ring (bicyclic) bond motifs is 4. The van der Waals surface area contributed by atoms with Crippen LogP contribution < -0.4 is 0 Å². The molecule has 2 nitrogen and oxygen atoms in total. The van der Waals surface area contributed by atoms with E-state index in [1.54, 1.807) is 0 Å². The van der Waals surface area contributed by atoms with Crippen LogP contribution in [0.5, 0.6) is 0 Å². The molecule has 0 aromatic carbocycles. The Bertz CT molecular complexity index is 672. The second kappa shape index (κ2) is 7.14. The summed E-state index contributed by atoms with van der Waals surface area (Å²) in [4.78, 5) is 8.99. The Hall–Kier alpha value is -3.00. The molecule has 2 aliphatic rings. The molecule has 0 saturated heterocycles. The first kappa shape index (κ1) is 14.0. The average molecular weight is 284 g/mol. The Morgan fingerprint density at radius 2 is 0.636 bits per heavy atom. The molecule has 0 fully saturated rings. The van der Waals surface area contributed by atoms with E-state index in [9.17, 15) is 0 Å². The van der Waals surface area contributed by atoms with Crippen LogP contribution in [0.3, 0.4) is 0 Å². The van der Waals surface area contributed by atoms with Gasteiger partial charge in [-0.2, -0.15) is 0 Å². The molecule has 0 spiro atoms. The van der Waals surface area contributed by atoms with E-state index in [1.807, 2.05) is 97.1 Å². The summed E-state index contributed by atoms with van der Waals surface area (Å²) in [6.07, 6.45) is 8.03. The van der Waals surface area contributed by atoms with Gasteiger partial charge in [-0.3, -0.25) is 0 Å². The van der Waals surface area contributed by atoms with Crippen molar-refractivity contribution in [1.82, 2.24) is 9.97 Å². The zero-order valence-corrected chi connectivity index (χ0v) is 12.1. The van der Waals surface area contributed by atoms with Crippen molar-refractivity contribution in [3.05, 3.63) is 95.6 Å². The molecule has 0 aliphatic carbocycles. The summed E-state index contributed by atoms with van der Waals surface area (Å²) in [5, 5.41) is 0. The first-order valence-electron chi connectivity index (χ1n) is 7.20. The Morgan fingerprint density at radius 1 is 0.364 bits per heavy atom. The molecule has 2 aliphatic heterocycles. The molecule has 2 heteroatoms. The molecule has 0 saturated carbocycles. The first-order valence-corrected chi connectivity index (χ1v) is 7.20. The Morgan fingerprint density at radius 3 is 0.909 bits per heavy atom. The van der Waals surface area contributed by atoms with Crippen molar-refractivity contribution >= 4 is 24.3 Å². The third-order valence-corrected chi connectivity index (χ3v) is 3.10. The maximum Gasteiger partial charge on any atom is 0.0637 e. The minimum Gasteiger partial charge on any atom is -0.249 e. The maximum absolute atomic E-state index is 4.50. The smallest absolute Gasteiger partial charge is 0.0637 e. The van der Waals surface area contributed by atoms with E-state index in [-0.39, 0.29) is 0 Å². The van der Waals surface area contributed by atoms with Gasteiger partial charge in [0.1, 0.15) is 0 Å². The SMILES string of the molecule is C1=Cc2ccccccc3nc(ccccccc1n2)C=C3. The molecule has 1 aromatic rings. The van der Waals surface area contributed by atoms with Crippen molar-refractivity contribution in [1.29, 1.82) is 0 Å². The van der Waals surface area contributed by atoms with E-state index in [0.717, 1.165) is 22.8 Å². The van der Waals surface area contributed by atoms with Gasteiger partial charge in [0.05, 0.1) is 22.8 Å². The summed E-state index contributed by atoms with van der Waals surface area (Å²) in [6, 6.07) is 23.8. The molecule has 1 aromatic heterocycles. The maximum atomic E-state index is 4.50. The van der Waals surface area contributed by atoms with Gasteiger partial charge in [0.15, 0.2) is 0 Å². The minimum absolute atomic E-state index is 0.959. The summed E-state index contributed by atoms with van der Waals surface area (Å²) in [6.45, 7) is 0. The molecule has 3 rings (SSSR count). The van der Waals surface area contributed by atoms with Gasteiger partial charge in [0.25, 0.3) is 0 Å². The molecule has 0 radical (unpaired) electrons. The van der Waals surface area contributed by atoms with Crippen LogP contribution in [0.2, 0.25) is 0 Å². The molecular weight excluding hydrogens is 268 g/mol. The van der Waals surface area contributed by atoms with E-state index in [0.29, 0.717) is 0 Å². The van der Waals surface area contributed by atoms with Crippen molar-refractivity contribution in [2.24, 2.45) is 0 Å². The lowest BCUT2D eigenvalue weighted by Crippen LogP contribution is -1.71. The number of hydrogen-bond acceptors (Lipinski definition) is 2. The molecular formula is C20H16N2. The van der Waals surface area contributed by atoms with Gasteiger partial charge < -0.3 is 0 Å². The van der Waals surface area contributed by atoms with E-state index in [4.69, 9.17) is 0 Å². The third-order valence-electron chi connectivity index (χ3n) is 3.10. The Balaban J connectivity index is 2.05. The zero-order valence-electron chi connectivity index (χ0n) is 12.1. The highest BCUT2D eigenvalue weighted by atomic mass is 14.7. The number of hydrogen-bond donors (Lipinski definition) is 0. The standard InChI is InChI=1S/C20H16N2/c1-2-6-10-18-15-16-20(22-18)12-8-4-3-7-11-19-14-13-17(21-19)9-5-1/h1-16H. The highest BCUT2D eigenvalue weighted by Gasteiger charge is 1.94. The Labute approximate surface area is 130 Å². The van der Waals surface area contributed by atoms with Gasteiger partial charge in [0, 0.05) is 0 Å². The molecule has 0 N–H and O–H groups in total. The van der Waals surface area contributed by atoms with Gasteiger partial charge in [-0.15, -0.1) is 0 Å². The lowest BCUT2D eigenvalue weighted by atomic mass is 10.3. The number of rotatable bonds is 0.